The highest BCUT2D eigenvalue weighted by molar-refractivity contribution is 7.91. The highest BCUT2D eigenvalue weighted by Gasteiger charge is 2.15. The molecule has 1 aliphatic heterocycles. The molecule has 1 aliphatic rings. The molecule has 0 amide bonds. The van der Waals surface area contributed by atoms with Crippen LogP contribution in [-0.2, 0) is 9.84 Å². The molecule has 1 aromatic carbocycles. The lowest BCUT2D eigenvalue weighted by atomic mass is 10.2. The standard InChI is InChI=1S/C12H18N2O2S/c1-2-17(15,16)12-5-3-11(4-6-12)14-9-7-13-8-10-14/h3-6,13H,2,7-10H2,1H3/p+1. The molecular weight excluding hydrogens is 236 g/mol. The van der Waals surface area contributed by atoms with Gasteiger partial charge in [-0.3, -0.25) is 0 Å². The summed E-state index contributed by atoms with van der Waals surface area (Å²) in [5.74, 6) is 0.158. The van der Waals surface area contributed by atoms with Crippen LogP contribution in [0.4, 0.5) is 5.69 Å². The Morgan fingerprint density at radius 1 is 1.18 bits per heavy atom. The number of rotatable bonds is 3. The first kappa shape index (κ1) is 12.4. The van der Waals surface area contributed by atoms with Gasteiger partial charge in [0, 0.05) is 5.69 Å². The van der Waals surface area contributed by atoms with Gasteiger partial charge in [0.25, 0.3) is 0 Å². The van der Waals surface area contributed by atoms with E-state index in [2.05, 4.69) is 10.2 Å². The number of hydrogen-bond acceptors (Lipinski definition) is 3. The van der Waals surface area contributed by atoms with Gasteiger partial charge < -0.3 is 10.2 Å². The largest absolute Gasteiger partial charge is 0.360 e. The fourth-order valence-corrected chi connectivity index (χ4v) is 2.92. The summed E-state index contributed by atoms with van der Waals surface area (Å²) in [6.45, 7) is 5.94. The Bertz CT molecular complexity index is 462. The topological polar surface area (TPSA) is 54.0 Å². The van der Waals surface area contributed by atoms with Gasteiger partial charge in [0.15, 0.2) is 9.84 Å². The van der Waals surface area contributed by atoms with Crippen molar-refractivity contribution in [3.63, 3.8) is 0 Å². The van der Waals surface area contributed by atoms with E-state index in [0.717, 1.165) is 31.9 Å². The van der Waals surface area contributed by atoms with Crippen molar-refractivity contribution >= 4 is 15.5 Å². The lowest BCUT2D eigenvalue weighted by Gasteiger charge is -2.27. The number of sulfone groups is 1. The Balaban J connectivity index is 2.18. The lowest BCUT2D eigenvalue weighted by molar-refractivity contribution is -0.655. The molecule has 94 valence electrons. The van der Waals surface area contributed by atoms with E-state index in [1.54, 1.807) is 19.1 Å². The van der Waals surface area contributed by atoms with Crippen LogP contribution in [0.25, 0.3) is 0 Å². The van der Waals surface area contributed by atoms with Crippen molar-refractivity contribution in [3.05, 3.63) is 24.3 Å². The van der Waals surface area contributed by atoms with Gasteiger partial charge in [-0.1, -0.05) is 6.92 Å². The normalized spacial score (nSPS) is 17.1. The average Bonchev–Trinajstić information content (AvgIpc) is 2.40. The van der Waals surface area contributed by atoms with Crippen molar-refractivity contribution in [3.8, 4) is 0 Å². The summed E-state index contributed by atoms with van der Waals surface area (Å²) >= 11 is 0. The SMILES string of the molecule is CCS(=O)(=O)c1ccc(N2CC[NH2+]CC2)cc1. The predicted octanol–water partition coefficient (Wildman–Crippen LogP) is -0.136. The van der Waals surface area contributed by atoms with E-state index in [-0.39, 0.29) is 5.75 Å². The molecule has 0 bridgehead atoms. The molecule has 4 nitrogen and oxygen atoms in total. The molecule has 1 heterocycles. The van der Waals surface area contributed by atoms with E-state index < -0.39 is 9.84 Å². The molecule has 1 saturated heterocycles. The zero-order valence-electron chi connectivity index (χ0n) is 10.1. The summed E-state index contributed by atoms with van der Waals surface area (Å²) in [5.41, 5.74) is 1.12. The van der Waals surface area contributed by atoms with Gasteiger partial charge in [-0.25, -0.2) is 8.42 Å². The third-order valence-corrected chi connectivity index (χ3v) is 4.90. The molecule has 0 atom stereocenters. The van der Waals surface area contributed by atoms with Crippen molar-refractivity contribution in [2.45, 2.75) is 11.8 Å². The smallest absolute Gasteiger partial charge is 0.178 e. The van der Waals surface area contributed by atoms with Gasteiger partial charge in [-0.15, -0.1) is 0 Å². The minimum Gasteiger partial charge on any atom is -0.360 e. The number of benzene rings is 1. The van der Waals surface area contributed by atoms with Crippen LogP contribution in [0.15, 0.2) is 29.2 Å². The highest BCUT2D eigenvalue weighted by Crippen LogP contribution is 2.18. The summed E-state index contributed by atoms with van der Waals surface area (Å²) in [4.78, 5) is 2.72. The minimum absolute atomic E-state index is 0.158. The fraction of sp³-hybridized carbons (Fsp3) is 0.500. The number of hydrogen-bond donors (Lipinski definition) is 1. The Labute approximate surface area is 103 Å². The summed E-state index contributed by atoms with van der Waals surface area (Å²) in [7, 11) is -3.07. The second-order valence-electron chi connectivity index (χ2n) is 4.25. The van der Waals surface area contributed by atoms with Crippen LogP contribution in [0.2, 0.25) is 0 Å². The zero-order chi connectivity index (χ0) is 12.3. The molecule has 0 radical (unpaired) electrons. The number of nitrogens with two attached hydrogens (primary N) is 1. The van der Waals surface area contributed by atoms with Crippen molar-refractivity contribution in [2.24, 2.45) is 0 Å². The molecule has 0 spiro atoms. The van der Waals surface area contributed by atoms with Crippen molar-refractivity contribution in [1.29, 1.82) is 0 Å². The Morgan fingerprint density at radius 2 is 1.76 bits per heavy atom. The van der Waals surface area contributed by atoms with E-state index in [4.69, 9.17) is 0 Å². The van der Waals surface area contributed by atoms with Crippen LogP contribution in [0, 0.1) is 0 Å². The molecule has 2 N–H and O–H groups in total. The summed E-state index contributed by atoms with van der Waals surface area (Å²) in [6.07, 6.45) is 0. The Morgan fingerprint density at radius 3 is 2.29 bits per heavy atom. The van der Waals surface area contributed by atoms with Crippen molar-refractivity contribution < 1.29 is 13.7 Å². The van der Waals surface area contributed by atoms with Gasteiger partial charge in [0.05, 0.1) is 36.8 Å². The van der Waals surface area contributed by atoms with Crippen molar-refractivity contribution in [2.75, 3.05) is 36.8 Å². The second kappa shape index (κ2) is 5.06. The third-order valence-electron chi connectivity index (χ3n) is 3.15. The summed E-state index contributed by atoms with van der Waals surface area (Å²) in [5, 5.41) is 2.30. The van der Waals surface area contributed by atoms with Crippen LogP contribution in [0.1, 0.15) is 6.92 Å². The van der Waals surface area contributed by atoms with Gasteiger partial charge in [0.1, 0.15) is 0 Å². The van der Waals surface area contributed by atoms with Gasteiger partial charge in [0.2, 0.25) is 0 Å². The summed E-state index contributed by atoms with van der Waals surface area (Å²) in [6, 6.07) is 7.25. The van der Waals surface area contributed by atoms with E-state index in [1.807, 2.05) is 12.1 Å². The molecule has 0 saturated carbocycles. The number of quaternary nitrogens is 1. The highest BCUT2D eigenvalue weighted by atomic mass is 32.2. The Kier molecular flexibility index (Phi) is 3.69. The average molecular weight is 255 g/mol. The molecule has 0 aromatic heterocycles. The minimum atomic E-state index is -3.07. The monoisotopic (exact) mass is 255 g/mol. The van der Waals surface area contributed by atoms with Crippen LogP contribution in [0.5, 0.6) is 0 Å². The number of nitrogens with zero attached hydrogens (tertiary/aromatic N) is 1. The van der Waals surface area contributed by atoms with E-state index >= 15 is 0 Å². The molecular formula is C12H19N2O2S+. The van der Waals surface area contributed by atoms with E-state index in [1.165, 1.54) is 0 Å². The maximum absolute atomic E-state index is 11.7. The first-order valence-corrected chi connectivity index (χ1v) is 7.68. The predicted molar refractivity (Wildman–Crippen MR) is 68.0 cm³/mol. The van der Waals surface area contributed by atoms with Crippen LogP contribution in [-0.4, -0.2) is 40.3 Å². The molecule has 17 heavy (non-hydrogen) atoms. The van der Waals surface area contributed by atoms with Crippen LogP contribution < -0.4 is 10.2 Å². The van der Waals surface area contributed by atoms with E-state index in [0.29, 0.717) is 4.90 Å². The number of anilines is 1. The maximum atomic E-state index is 11.7. The number of piperazine rings is 1. The van der Waals surface area contributed by atoms with E-state index in [9.17, 15) is 8.42 Å². The molecule has 0 unspecified atom stereocenters. The summed E-state index contributed by atoms with van der Waals surface area (Å²) < 4.78 is 23.3. The maximum Gasteiger partial charge on any atom is 0.178 e. The molecule has 5 heteroatoms. The van der Waals surface area contributed by atoms with Crippen LogP contribution in [0.3, 0.4) is 0 Å². The molecule has 1 fully saturated rings. The quantitative estimate of drug-likeness (QED) is 0.818. The fourth-order valence-electron chi connectivity index (χ4n) is 2.04. The second-order valence-corrected chi connectivity index (χ2v) is 6.53. The lowest BCUT2D eigenvalue weighted by Crippen LogP contribution is -2.89. The van der Waals surface area contributed by atoms with Crippen LogP contribution >= 0.6 is 0 Å². The Hall–Kier alpha value is -1.07. The van der Waals surface area contributed by atoms with Gasteiger partial charge >= 0.3 is 0 Å². The molecule has 0 aliphatic carbocycles. The van der Waals surface area contributed by atoms with Gasteiger partial charge in [-0.2, -0.15) is 0 Å². The molecule has 1 aromatic rings. The molecule has 2 rings (SSSR count). The first-order chi connectivity index (χ1) is 8.13. The van der Waals surface area contributed by atoms with Crippen molar-refractivity contribution in [1.82, 2.24) is 0 Å². The third kappa shape index (κ3) is 2.79. The van der Waals surface area contributed by atoms with Gasteiger partial charge in [-0.05, 0) is 24.3 Å². The first-order valence-electron chi connectivity index (χ1n) is 6.03. The zero-order valence-corrected chi connectivity index (χ0v) is 10.9.